The van der Waals surface area contributed by atoms with Gasteiger partial charge in [0.15, 0.2) is 0 Å². The Hall–Kier alpha value is -1.06. The summed E-state index contributed by atoms with van der Waals surface area (Å²) in [5.74, 6) is 0.128. The predicted octanol–water partition coefficient (Wildman–Crippen LogP) is 1.05. The van der Waals surface area contributed by atoms with Gasteiger partial charge in [-0.2, -0.15) is 0 Å². The SMILES string of the molecule is CCCC1NC(=O)C(C)N(C2CCC2)C1=O. The highest BCUT2D eigenvalue weighted by Gasteiger charge is 2.42. The van der Waals surface area contributed by atoms with Crippen LogP contribution in [0.3, 0.4) is 0 Å². The van der Waals surface area contributed by atoms with Crippen LogP contribution in [0.25, 0.3) is 0 Å². The Labute approximate surface area is 96.4 Å². The number of carbonyl (C=O) groups excluding carboxylic acids is 2. The van der Waals surface area contributed by atoms with Gasteiger partial charge in [-0.05, 0) is 32.6 Å². The molecule has 1 saturated heterocycles. The molecule has 2 rings (SSSR count). The molecule has 2 fully saturated rings. The van der Waals surface area contributed by atoms with Gasteiger partial charge in [-0.1, -0.05) is 13.3 Å². The summed E-state index contributed by atoms with van der Waals surface area (Å²) in [5, 5.41) is 2.82. The van der Waals surface area contributed by atoms with Crippen LogP contribution in [0.5, 0.6) is 0 Å². The molecule has 0 radical (unpaired) electrons. The van der Waals surface area contributed by atoms with Gasteiger partial charge in [0.2, 0.25) is 11.8 Å². The van der Waals surface area contributed by atoms with Gasteiger partial charge in [0, 0.05) is 6.04 Å². The fourth-order valence-electron chi connectivity index (χ4n) is 2.50. The second kappa shape index (κ2) is 4.44. The van der Waals surface area contributed by atoms with Crippen molar-refractivity contribution in [2.75, 3.05) is 0 Å². The van der Waals surface area contributed by atoms with Crippen LogP contribution in [0.2, 0.25) is 0 Å². The van der Waals surface area contributed by atoms with Crippen LogP contribution in [0, 0.1) is 0 Å². The average molecular weight is 224 g/mol. The summed E-state index contributed by atoms with van der Waals surface area (Å²) < 4.78 is 0. The molecule has 0 aromatic carbocycles. The first-order valence-electron chi connectivity index (χ1n) is 6.27. The Kier molecular flexibility index (Phi) is 3.17. The van der Waals surface area contributed by atoms with Gasteiger partial charge >= 0.3 is 0 Å². The zero-order valence-electron chi connectivity index (χ0n) is 10.0. The van der Waals surface area contributed by atoms with E-state index in [1.807, 2.05) is 18.7 Å². The third-order valence-electron chi connectivity index (χ3n) is 3.71. The zero-order chi connectivity index (χ0) is 11.7. The molecule has 1 heterocycles. The van der Waals surface area contributed by atoms with E-state index < -0.39 is 0 Å². The summed E-state index contributed by atoms with van der Waals surface area (Å²) >= 11 is 0. The molecular weight excluding hydrogens is 204 g/mol. The first kappa shape index (κ1) is 11.4. The highest BCUT2D eigenvalue weighted by Crippen LogP contribution is 2.29. The van der Waals surface area contributed by atoms with Gasteiger partial charge in [-0.25, -0.2) is 0 Å². The topological polar surface area (TPSA) is 49.4 Å². The first-order chi connectivity index (χ1) is 7.65. The van der Waals surface area contributed by atoms with Crippen molar-refractivity contribution in [2.45, 2.75) is 64.1 Å². The van der Waals surface area contributed by atoms with Gasteiger partial charge in [0.05, 0.1) is 0 Å². The van der Waals surface area contributed by atoms with Crippen LogP contribution in [0.4, 0.5) is 0 Å². The number of nitrogens with zero attached hydrogens (tertiary/aromatic N) is 1. The monoisotopic (exact) mass is 224 g/mol. The Balaban J connectivity index is 2.12. The molecule has 1 saturated carbocycles. The van der Waals surface area contributed by atoms with Crippen molar-refractivity contribution in [1.82, 2.24) is 10.2 Å². The average Bonchev–Trinajstić information content (AvgIpc) is 2.18. The van der Waals surface area contributed by atoms with Crippen molar-refractivity contribution in [3.63, 3.8) is 0 Å². The summed E-state index contributed by atoms with van der Waals surface area (Å²) in [5.41, 5.74) is 0. The molecule has 16 heavy (non-hydrogen) atoms. The van der Waals surface area contributed by atoms with E-state index in [9.17, 15) is 9.59 Å². The van der Waals surface area contributed by atoms with Crippen LogP contribution in [-0.4, -0.2) is 34.8 Å². The van der Waals surface area contributed by atoms with Gasteiger partial charge in [-0.3, -0.25) is 9.59 Å². The molecule has 2 aliphatic rings. The lowest BCUT2D eigenvalue weighted by molar-refractivity contribution is -0.153. The normalized spacial score (nSPS) is 31.2. The zero-order valence-corrected chi connectivity index (χ0v) is 10.0. The number of nitrogens with one attached hydrogen (secondary N) is 1. The summed E-state index contributed by atoms with van der Waals surface area (Å²) in [6.45, 7) is 3.86. The number of hydrogen-bond donors (Lipinski definition) is 1. The fraction of sp³-hybridized carbons (Fsp3) is 0.833. The van der Waals surface area contributed by atoms with Crippen molar-refractivity contribution in [3.8, 4) is 0 Å². The van der Waals surface area contributed by atoms with E-state index in [0.717, 1.165) is 25.7 Å². The van der Waals surface area contributed by atoms with E-state index >= 15 is 0 Å². The molecule has 0 spiro atoms. The molecular formula is C12H20N2O2. The van der Waals surface area contributed by atoms with E-state index in [2.05, 4.69) is 5.32 Å². The van der Waals surface area contributed by atoms with Crippen LogP contribution in [-0.2, 0) is 9.59 Å². The maximum Gasteiger partial charge on any atom is 0.246 e. The van der Waals surface area contributed by atoms with Crippen molar-refractivity contribution < 1.29 is 9.59 Å². The quantitative estimate of drug-likeness (QED) is 0.779. The van der Waals surface area contributed by atoms with E-state index in [1.54, 1.807) is 0 Å². The minimum Gasteiger partial charge on any atom is -0.343 e. The Morgan fingerprint density at radius 1 is 1.38 bits per heavy atom. The molecule has 2 unspecified atom stereocenters. The maximum absolute atomic E-state index is 12.2. The smallest absolute Gasteiger partial charge is 0.246 e. The van der Waals surface area contributed by atoms with E-state index in [0.29, 0.717) is 6.04 Å². The molecule has 0 aromatic heterocycles. The first-order valence-corrected chi connectivity index (χ1v) is 6.27. The molecule has 1 N–H and O–H groups in total. The maximum atomic E-state index is 12.2. The number of carbonyl (C=O) groups is 2. The third-order valence-corrected chi connectivity index (χ3v) is 3.71. The van der Waals surface area contributed by atoms with Crippen molar-refractivity contribution in [3.05, 3.63) is 0 Å². The standard InChI is InChI=1S/C12H20N2O2/c1-3-5-10-12(16)14(9-6-4-7-9)8(2)11(15)13-10/h8-10H,3-7H2,1-2H3,(H,13,15). The molecule has 4 nitrogen and oxygen atoms in total. The molecule has 1 aliphatic heterocycles. The summed E-state index contributed by atoms with van der Waals surface area (Å²) in [6.07, 6.45) is 4.97. The van der Waals surface area contributed by atoms with Crippen molar-refractivity contribution in [1.29, 1.82) is 0 Å². The molecule has 4 heteroatoms. The Morgan fingerprint density at radius 3 is 2.56 bits per heavy atom. The number of piperazine rings is 1. The highest BCUT2D eigenvalue weighted by atomic mass is 16.2. The van der Waals surface area contributed by atoms with Gasteiger partial charge in [0.25, 0.3) is 0 Å². The van der Waals surface area contributed by atoms with E-state index in [-0.39, 0.29) is 23.9 Å². The lowest BCUT2D eigenvalue weighted by atomic mass is 9.88. The van der Waals surface area contributed by atoms with Crippen LogP contribution >= 0.6 is 0 Å². The second-order valence-electron chi connectivity index (χ2n) is 4.86. The molecule has 0 aromatic rings. The molecule has 2 atom stereocenters. The van der Waals surface area contributed by atoms with Crippen molar-refractivity contribution >= 4 is 11.8 Å². The van der Waals surface area contributed by atoms with Gasteiger partial charge in [0.1, 0.15) is 12.1 Å². The molecule has 1 aliphatic carbocycles. The van der Waals surface area contributed by atoms with Crippen LogP contribution < -0.4 is 5.32 Å². The van der Waals surface area contributed by atoms with E-state index in [4.69, 9.17) is 0 Å². The summed E-state index contributed by atoms with van der Waals surface area (Å²) in [7, 11) is 0. The highest BCUT2D eigenvalue weighted by molar-refractivity contribution is 5.96. The Bertz CT molecular complexity index is 299. The van der Waals surface area contributed by atoms with Crippen LogP contribution in [0.15, 0.2) is 0 Å². The molecule has 2 amide bonds. The molecule has 0 bridgehead atoms. The number of amides is 2. The number of rotatable bonds is 3. The lowest BCUT2D eigenvalue weighted by Gasteiger charge is -2.45. The van der Waals surface area contributed by atoms with Gasteiger partial charge in [-0.15, -0.1) is 0 Å². The Morgan fingerprint density at radius 2 is 2.06 bits per heavy atom. The number of hydrogen-bond acceptors (Lipinski definition) is 2. The largest absolute Gasteiger partial charge is 0.343 e. The van der Waals surface area contributed by atoms with Crippen LogP contribution in [0.1, 0.15) is 46.0 Å². The lowest BCUT2D eigenvalue weighted by Crippen LogP contribution is -2.65. The van der Waals surface area contributed by atoms with E-state index in [1.165, 1.54) is 6.42 Å². The fourth-order valence-corrected chi connectivity index (χ4v) is 2.50. The van der Waals surface area contributed by atoms with Gasteiger partial charge < -0.3 is 10.2 Å². The minimum absolute atomic E-state index is 0.00458. The third kappa shape index (κ3) is 1.81. The van der Waals surface area contributed by atoms with Crippen molar-refractivity contribution in [2.24, 2.45) is 0 Å². The summed E-state index contributed by atoms with van der Waals surface area (Å²) in [4.78, 5) is 25.8. The molecule has 90 valence electrons. The minimum atomic E-state index is -0.286. The second-order valence-corrected chi connectivity index (χ2v) is 4.86. The predicted molar refractivity (Wildman–Crippen MR) is 60.8 cm³/mol. The summed E-state index contributed by atoms with van der Waals surface area (Å²) in [6, 6.07) is -0.256.